The fourth-order valence-electron chi connectivity index (χ4n) is 3.82. The zero-order valence-electron chi connectivity index (χ0n) is 15.5. The minimum absolute atomic E-state index is 0.113. The van der Waals surface area contributed by atoms with Crippen LogP contribution in [0.5, 0.6) is 0 Å². The van der Waals surface area contributed by atoms with E-state index >= 15 is 0 Å². The van der Waals surface area contributed by atoms with Crippen molar-refractivity contribution >= 4 is 28.2 Å². The Bertz CT molecular complexity index is 1010. The molecule has 28 heavy (non-hydrogen) atoms. The molecule has 0 atom stereocenters. The molecule has 144 valence electrons. The summed E-state index contributed by atoms with van der Waals surface area (Å²) >= 11 is 0. The Morgan fingerprint density at radius 2 is 1.75 bits per heavy atom. The molecule has 0 unspecified atom stereocenters. The third-order valence-corrected chi connectivity index (χ3v) is 5.33. The van der Waals surface area contributed by atoms with E-state index in [0.717, 1.165) is 16.5 Å². The number of amides is 1. The van der Waals surface area contributed by atoms with Gasteiger partial charge in [-0.15, -0.1) is 0 Å². The lowest BCUT2D eigenvalue weighted by Crippen LogP contribution is -2.49. The van der Waals surface area contributed by atoms with Gasteiger partial charge >= 0.3 is 0 Å². The first-order valence-corrected chi connectivity index (χ1v) is 9.44. The zero-order valence-corrected chi connectivity index (χ0v) is 15.5. The molecular weight excluding hydrogens is 356 g/mol. The first kappa shape index (κ1) is 18.0. The summed E-state index contributed by atoms with van der Waals surface area (Å²) in [5, 5.41) is 12.4. The number of piperazine rings is 1. The largest absolute Gasteiger partial charge is 0.362 e. The summed E-state index contributed by atoms with van der Waals surface area (Å²) in [6, 6.07) is 14.9. The van der Waals surface area contributed by atoms with Gasteiger partial charge in [-0.1, -0.05) is 30.3 Å². The van der Waals surface area contributed by atoms with E-state index in [0.29, 0.717) is 44.7 Å². The first-order chi connectivity index (χ1) is 13.6. The number of fused-ring (bicyclic) bond motifs is 1. The molecule has 1 N–H and O–H groups in total. The van der Waals surface area contributed by atoms with E-state index in [9.17, 15) is 14.9 Å². The van der Waals surface area contributed by atoms with Crippen LogP contribution in [0.4, 0.5) is 11.4 Å². The van der Waals surface area contributed by atoms with Gasteiger partial charge in [0, 0.05) is 55.8 Å². The van der Waals surface area contributed by atoms with Crippen molar-refractivity contribution in [2.24, 2.45) is 0 Å². The van der Waals surface area contributed by atoms with Crippen molar-refractivity contribution in [2.45, 2.75) is 12.8 Å². The molecule has 1 fully saturated rings. The van der Waals surface area contributed by atoms with Gasteiger partial charge in [0.2, 0.25) is 5.91 Å². The minimum Gasteiger partial charge on any atom is -0.362 e. The second-order valence-electron chi connectivity index (χ2n) is 6.97. The lowest BCUT2D eigenvalue weighted by Gasteiger charge is -2.35. The molecule has 0 aliphatic carbocycles. The van der Waals surface area contributed by atoms with Crippen LogP contribution in [-0.4, -0.2) is 46.9 Å². The maximum Gasteiger partial charge on any atom is 0.292 e. The van der Waals surface area contributed by atoms with Crippen LogP contribution < -0.4 is 4.90 Å². The average Bonchev–Trinajstić information content (AvgIpc) is 3.15. The van der Waals surface area contributed by atoms with E-state index in [1.54, 1.807) is 18.2 Å². The summed E-state index contributed by atoms with van der Waals surface area (Å²) in [6.45, 7) is 2.37. The van der Waals surface area contributed by atoms with Crippen LogP contribution in [0.15, 0.2) is 54.7 Å². The molecule has 0 bridgehead atoms. The van der Waals surface area contributed by atoms with E-state index in [1.807, 2.05) is 34.2 Å². The lowest BCUT2D eigenvalue weighted by molar-refractivity contribution is -0.384. The van der Waals surface area contributed by atoms with E-state index in [-0.39, 0.29) is 16.5 Å². The number of hydrogen-bond acceptors (Lipinski definition) is 4. The highest BCUT2D eigenvalue weighted by atomic mass is 16.6. The smallest absolute Gasteiger partial charge is 0.292 e. The monoisotopic (exact) mass is 378 g/mol. The number of H-pyrrole nitrogens is 1. The Hall–Kier alpha value is -3.35. The minimum atomic E-state index is -0.353. The van der Waals surface area contributed by atoms with Crippen LogP contribution in [-0.2, 0) is 11.2 Å². The van der Waals surface area contributed by atoms with Crippen LogP contribution >= 0.6 is 0 Å². The van der Waals surface area contributed by atoms with E-state index < -0.39 is 0 Å². The zero-order chi connectivity index (χ0) is 19.5. The van der Waals surface area contributed by atoms with Gasteiger partial charge in [-0.25, -0.2) is 0 Å². The Labute approximate surface area is 162 Å². The molecule has 1 amide bonds. The Morgan fingerprint density at radius 1 is 1.04 bits per heavy atom. The predicted molar refractivity (Wildman–Crippen MR) is 109 cm³/mol. The van der Waals surface area contributed by atoms with Gasteiger partial charge in [-0.05, 0) is 24.1 Å². The van der Waals surface area contributed by atoms with Gasteiger partial charge in [-0.3, -0.25) is 14.9 Å². The van der Waals surface area contributed by atoms with Gasteiger partial charge in [0.05, 0.1) is 4.92 Å². The summed E-state index contributed by atoms with van der Waals surface area (Å²) < 4.78 is 0. The number of aromatic nitrogens is 1. The molecule has 0 spiro atoms. The molecule has 7 heteroatoms. The first-order valence-electron chi connectivity index (χ1n) is 9.44. The number of aromatic amines is 1. The molecule has 1 saturated heterocycles. The van der Waals surface area contributed by atoms with Gasteiger partial charge in [-0.2, -0.15) is 0 Å². The fraction of sp³-hybridized carbons (Fsp3) is 0.286. The quantitative estimate of drug-likeness (QED) is 0.545. The summed E-state index contributed by atoms with van der Waals surface area (Å²) in [5.74, 6) is 0.132. The van der Waals surface area contributed by atoms with Gasteiger partial charge in [0.1, 0.15) is 5.69 Å². The number of nitro groups is 1. The number of aryl methyl sites for hydroxylation is 1. The molecule has 1 aliphatic heterocycles. The third-order valence-electron chi connectivity index (χ3n) is 5.33. The predicted octanol–water partition coefficient (Wildman–Crippen LogP) is 3.36. The standard InChI is InChI=1S/C21H22N4O3/c26-21(10-9-16-15-22-18-6-2-1-5-17(16)18)24-13-11-23(12-14-24)19-7-3-4-8-20(19)25(27)28/h1-8,15,22H,9-14H2. The Balaban J connectivity index is 1.35. The van der Waals surface area contributed by atoms with Crippen molar-refractivity contribution in [3.05, 3.63) is 70.4 Å². The molecule has 1 aromatic heterocycles. The SMILES string of the molecule is O=C(CCc1c[nH]c2ccccc12)N1CCN(c2ccccc2[N+](=O)[O-])CC1. The number of benzene rings is 2. The van der Waals surface area contributed by atoms with Crippen LogP contribution in [0.1, 0.15) is 12.0 Å². The molecule has 0 saturated carbocycles. The number of rotatable bonds is 5. The lowest BCUT2D eigenvalue weighted by atomic mass is 10.1. The van der Waals surface area contributed by atoms with Gasteiger partial charge < -0.3 is 14.8 Å². The molecule has 7 nitrogen and oxygen atoms in total. The van der Waals surface area contributed by atoms with E-state index in [1.165, 1.54) is 6.07 Å². The number of nitrogens with one attached hydrogen (secondary N) is 1. The summed E-state index contributed by atoms with van der Waals surface area (Å²) in [6.07, 6.45) is 3.14. The van der Waals surface area contributed by atoms with Crippen LogP contribution in [0, 0.1) is 10.1 Å². The molecule has 4 rings (SSSR count). The number of carbonyl (C=O) groups is 1. The van der Waals surface area contributed by atoms with Gasteiger partial charge in [0.25, 0.3) is 5.69 Å². The highest BCUT2D eigenvalue weighted by molar-refractivity contribution is 5.84. The third kappa shape index (κ3) is 3.55. The Morgan fingerprint density at radius 3 is 2.54 bits per heavy atom. The maximum atomic E-state index is 12.6. The molecule has 0 radical (unpaired) electrons. The molecular formula is C21H22N4O3. The number of hydrogen-bond donors (Lipinski definition) is 1. The maximum absolute atomic E-state index is 12.6. The molecule has 2 heterocycles. The second kappa shape index (κ2) is 7.72. The number of nitrogens with zero attached hydrogens (tertiary/aromatic N) is 3. The van der Waals surface area contributed by atoms with Crippen LogP contribution in [0.3, 0.4) is 0 Å². The highest BCUT2D eigenvalue weighted by Crippen LogP contribution is 2.28. The second-order valence-corrected chi connectivity index (χ2v) is 6.97. The average molecular weight is 378 g/mol. The van der Waals surface area contributed by atoms with Crippen molar-refractivity contribution in [1.29, 1.82) is 0 Å². The highest BCUT2D eigenvalue weighted by Gasteiger charge is 2.25. The number of carbonyl (C=O) groups excluding carboxylic acids is 1. The number of anilines is 1. The number of nitro benzene ring substituents is 1. The fourth-order valence-corrected chi connectivity index (χ4v) is 3.82. The summed E-state index contributed by atoms with van der Waals surface area (Å²) in [5.41, 5.74) is 2.98. The molecule has 2 aromatic carbocycles. The van der Waals surface area contributed by atoms with Crippen molar-refractivity contribution in [2.75, 3.05) is 31.1 Å². The van der Waals surface area contributed by atoms with E-state index in [2.05, 4.69) is 11.1 Å². The molecule has 3 aromatic rings. The molecule has 1 aliphatic rings. The summed E-state index contributed by atoms with van der Waals surface area (Å²) in [7, 11) is 0. The number of para-hydroxylation sites is 3. The summed E-state index contributed by atoms with van der Waals surface area (Å²) in [4.78, 5) is 30.6. The van der Waals surface area contributed by atoms with Crippen LogP contribution in [0.2, 0.25) is 0 Å². The van der Waals surface area contributed by atoms with Crippen molar-refractivity contribution in [1.82, 2.24) is 9.88 Å². The normalized spacial score (nSPS) is 14.4. The van der Waals surface area contributed by atoms with Gasteiger partial charge in [0.15, 0.2) is 0 Å². The van der Waals surface area contributed by atoms with Crippen molar-refractivity contribution in [3.63, 3.8) is 0 Å². The van der Waals surface area contributed by atoms with Crippen molar-refractivity contribution < 1.29 is 9.72 Å². The Kier molecular flexibility index (Phi) is 4.97. The van der Waals surface area contributed by atoms with E-state index in [4.69, 9.17) is 0 Å². The van der Waals surface area contributed by atoms with Crippen LogP contribution in [0.25, 0.3) is 10.9 Å². The topological polar surface area (TPSA) is 82.5 Å². The van der Waals surface area contributed by atoms with Crippen molar-refractivity contribution in [3.8, 4) is 0 Å².